The van der Waals surface area contributed by atoms with E-state index < -0.39 is 0 Å². The van der Waals surface area contributed by atoms with Crippen LogP contribution in [0.4, 0.5) is 0 Å². The second kappa shape index (κ2) is 7.99. The van der Waals surface area contributed by atoms with E-state index in [4.69, 9.17) is 5.73 Å². The first-order valence-electron chi connectivity index (χ1n) is 8.45. The van der Waals surface area contributed by atoms with Crippen LogP contribution in [0.25, 0.3) is 0 Å². The molecular formula is C16H31N3O. The van der Waals surface area contributed by atoms with Gasteiger partial charge < -0.3 is 10.6 Å². The van der Waals surface area contributed by atoms with Crippen molar-refractivity contribution in [2.24, 2.45) is 11.7 Å². The van der Waals surface area contributed by atoms with Gasteiger partial charge in [-0.1, -0.05) is 32.1 Å². The molecule has 0 aromatic heterocycles. The molecule has 116 valence electrons. The molecule has 20 heavy (non-hydrogen) atoms. The van der Waals surface area contributed by atoms with Gasteiger partial charge in [0.05, 0.1) is 0 Å². The Morgan fingerprint density at radius 2 is 1.60 bits per heavy atom. The number of amides is 1. The van der Waals surface area contributed by atoms with Crippen LogP contribution < -0.4 is 5.73 Å². The van der Waals surface area contributed by atoms with Crippen molar-refractivity contribution in [1.29, 1.82) is 0 Å². The SMILES string of the molecule is CC(CN)N1CCN(C(=O)C2CCCCCCC2)CC1. The summed E-state index contributed by atoms with van der Waals surface area (Å²) in [6.45, 7) is 6.62. The highest BCUT2D eigenvalue weighted by atomic mass is 16.2. The molecule has 4 nitrogen and oxygen atoms in total. The lowest BCUT2D eigenvalue weighted by Gasteiger charge is -2.39. The summed E-state index contributed by atoms with van der Waals surface area (Å²) in [4.78, 5) is 17.2. The van der Waals surface area contributed by atoms with Crippen LogP contribution in [0.2, 0.25) is 0 Å². The lowest BCUT2D eigenvalue weighted by molar-refractivity contribution is -0.138. The highest BCUT2D eigenvalue weighted by Crippen LogP contribution is 2.24. The molecule has 0 aromatic carbocycles. The van der Waals surface area contributed by atoms with Crippen LogP contribution in [0.5, 0.6) is 0 Å². The first-order valence-corrected chi connectivity index (χ1v) is 8.45. The van der Waals surface area contributed by atoms with Crippen LogP contribution in [-0.4, -0.2) is 54.5 Å². The van der Waals surface area contributed by atoms with Gasteiger partial charge in [0.25, 0.3) is 0 Å². The smallest absolute Gasteiger partial charge is 0.225 e. The van der Waals surface area contributed by atoms with E-state index >= 15 is 0 Å². The van der Waals surface area contributed by atoms with Crippen molar-refractivity contribution >= 4 is 5.91 Å². The maximum atomic E-state index is 12.6. The van der Waals surface area contributed by atoms with Gasteiger partial charge in [-0.2, -0.15) is 0 Å². The van der Waals surface area contributed by atoms with Crippen LogP contribution >= 0.6 is 0 Å². The number of carbonyl (C=O) groups excluding carboxylic acids is 1. The lowest BCUT2D eigenvalue weighted by Crippen LogP contribution is -2.53. The Hall–Kier alpha value is -0.610. The minimum atomic E-state index is 0.300. The monoisotopic (exact) mass is 281 g/mol. The predicted molar refractivity (Wildman–Crippen MR) is 82.5 cm³/mol. The second-order valence-electron chi connectivity index (χ2n) is 6.49. The maximum absolute atomic E-state index is 12.6. The quantitative estimate of drug-likeness (QED) is 0.859. The Morgan fingerprint density at radius 1 is 1.05 bits per heavy atom. The molecule has 2 N–H and O–H groups in total. The van der Waals surface area contributed by atoms with Crippen LogP contribution in [-0.2, 0) is 4.79 Å². The van der Waals surface area contributed by atoms with Crippen molar-refractivity contribution in [2.45, 2.75) is 57.9 Å². The third-order valence-corrected chi connectivity index (χ3v) is 5.04. The summed E-state index contributed by atoms with van der Waals surface area (Å²) in [6, 6.07) is 0.439. The Morgan fingerprint density at radius 3 is 2.15 bits per heavy atom. The zero-order valence-electron chi connectivity index (χ0n) is 13.0. The second-order valence-corrected chi connectivity index (χ2v) is 6.49. The Kier molecular flexibility index (Phi) is 6.30. The van der Waals surface area contributed by atoms with Crippen molar-refractivity contribution in [3.63, 3.8) is 0 Å². The summed E-state index contributed by atoms with van der Waals surface area (Å²) < 4.78 is 0. The zero-order valence-corrected chi connectivity index (χ0v) is 13.0. The first-order chi connectivity index (χ1) is 9.72. The van der Waals surface area contributed by atoms with E-state index in [2.05, 4.69) is 16.7 Å². The van der Waals surface area contributed by atoms with Gasteiger partial charge in [0.15, 0.2) is 0 Å². The molecule has 2 rings (SSSR count). The fourth-order valence-electron chi connectivity index (χ4n) is 3.49. The fraction of sp³-hybridized carbons (Fsp3) is 0.938. The van der Waals surface area contributed by atoms with Crippen LogP contribution in [0, 0.1) is 5.92 Å². The lowest BCUT2D eigenvalue weighted by atomic mass is 9.90. The van der Waals surface area contributed by atoms with Crippen LogP contribution in [0.1, 0.15) is 51.9 Å². The molecule has 4 heteroatoms. The summed E-state index contributed by atoms with van der Waals surface area (Å²) in [5.74, 6) is 0.723. The molecule has 2 aliphatic rings. The van der Waals surface area contributed by atoms with Gasteiger partial charge >= 0.3 is 0 Å². The van der Waals surface area contributed by atoms with Crippen molar-refractivity contribution in [2.75, 3.05) is 32.7 Å². The minimum Gasteiger partial charge on any atom is -0.340 e. The molecule has 1 heterocycles. The Balaban J connectivity index is 1.81. The van der Waals surface area contributed by atoms with Gasteiger partial charge in [-0.3, -0.25) is 9.69 Å². The largest absolute Gasteiger partial charge is 0.340 e. The Bertz CT molecular complexity index is 292. The molecule has 2 fully saturated rings. The molecule has 1 saturated heterocycles. The topological polar surface area (TPSA) is 49.6 Å². The molecule has 0 aromatic rings. The predicted octanol–water partition coefficient (Wildman–Crippen LogP) is 1.84. The fourth-order valence-corrected chi connectivity index (χ4v) is 3.49. The normalized spacial score (nSPS) is 25.0. The molecule has 0 radical (unpaired) electrons. The summed E-state index contributed by atoms with van der Waals surface area (Å²) in [5.41, 5.74) is 5.72. The Labute approximate surface area is 123 Å². The van der Waals surface area contributed by atoms with E-state index in [1.807, 2.05) is 0 Å². The van der Waals surface area contributed by atoms with E-state index in [1.165, 1.54) is 32.1 Å². The summed E-state index contributed by atoms with van der Waals surface area (Å²) in [6.07, 6.45) is 8.67. The number of nitrogens with zero attached hydrogens (tertiary/aromatic N) is 2. The molecule has 1 aliphatic carbocycles. The van der Waals surface area contributed by atoms with Gasteiger partial charge in [-0.25, -0.2) is 0 Å². The third kappa shape index (κ3) is 4.19. The number of nitrogens with two attached hydrogens (primary N) is 1. The van der Waals surface area contributed by atoms with Gasteiger partial charge in [0.2, 0.25) is 5.91 Å². The molecule has 1 amide bonds. The minimum absolute atomic E-state index is 0.300. The summed E-state index contributed by atoms with van der Waals surface area (Å²) in [5, 5.41) is 0. The molecule has 1 saturated carbocycles. The average Bonchev–Trinajstić information content (AvgIpc) is 2.46. The van der Waals surface area contributed by atoms with Gasteiger partial charge in [-0.15, -0.1) is 0 Å². The number of carbonyl (C=O) groups is 1. The molecule has 1 atom stereocenters. The van der Waals surface area contributed by atoms with Gasteiger partial charge in [0, 0.05) is 44.7 Å². The molecule has 1 unspecified atom stereocenters. The summed E-state index contributed by atoms with van der Waals surface area (Å²) in [7, 11) is 0. The van der Waals surface area contributed by atoms with Crippen molar-refractivity contribution < 1.29 is 4.79 Å². The van der Waals surface area contributed by atoms with Gasteiger partial charge in [0.1, 0.15) is 0 Å². The van der Waals surface area contributed by atoms with Gasteiger partial charge in [-0.05, 0) is 19.8 Å². The van der Waals surface area contributed by atoms with Crippen LogP contribution in [0.15, 0.2) is 0 Å². The van der Waals surface area contributed by atoms with E-state index in [-0.39, 0.29) is 0 Å². The van der Waals surface area contributed by atoms with E-state index in [0.29, 0.717) is 24.4 Å². The third-order valence-electron chi connectivity index (χ3n) is 5.04. The molecule has 0 bridgehead atoms. The van der Waals surface area contributed by atoms with Crippen molar-refractivity contribution in [3.8, 4) is 0 Å². The number of rotatable bonds is 3. The number of hydrogen-bond acceptors (Lipinski definition) is 3. The number of piperazine rings is 1. The average molecular weight is 281 g/mol. The van der Waals surface area contributed by atoms with Crippen molar-refractivity contribution in [3.05, 3.63) is 0 Å². The first kappa shape index (κ1) is 15.8. The highest BCUT2D eigenvalue weighted by Gasteiger charge is 2.28. The van der Waals surface area contributed by atoms with E-state index in [9.17, 15) is 4.79 Å². The molecule has 1 aliphatic heterocycles. The number of hydrogen-bond donors (Lipinski definition) is 1. The van der Waals surface area contributed by atoms with E-state index in [1.54, 1.807) is 0 Å². The maximum Gasteiger partial charge on any atom is 0.225 e. The summed E-state index contributed by atoms with van der Waals surface area (Å²) >= 11 is 0. The standard InChI is InChI=1S/C16H31N3O/c1-14(13-17)18-9-11-19(12-10-18)16(20)15-7-5-3-2-4-6-8-15/h14-15H,2-13,17H2,1H3. The molecular weight excluding hydrogens is 250 g/mol. The highest BCUT2D eigenvalue weighted by molar-refractivity contribution is 5.79. The van der Waals surface area contributed by atoms with Crippen molar-refractivity contribution in [1.82, 2.24) is 9.80 Å². The van der Waals surface area contributed by atoms with E-state index in [0.717, 1.165) is 39.0 Å². The zero-order chi connectivity index (χ0) is 14.4. The van der Waals surface area contributed by atoms with Crippen LogP contribution in [0.3, 0.4) is 0 Å². The molecule has 0 spiro atoms.